The quantitative estimate of drug-likeness (QED) is 0.457. The van der Waals surface area contributed by atoms with Crippen LogP contribution in [0.5, 0.6) is 17.2 Å². The van der Waals surface area contributed by atoms with E-state index in [-0.39, 0.29) is 18.6 Å². The summed E-state index contributed by atoms with van der Waals surface area (Å²) in [4.78, 5) is 17.3. The van der Waals surface area contributed by atoms with E-state index in [1.807, 2.05) is 60.3 Å². The molecule has 2 heterocycles. The molecule has 35 heavy (non-hydrogen) atoms. The number of fused-ring (bicyclic) bond motifs is 1. The van der Waals surface area contributed by atoms with Gasteiger partial charge in [0.25, 0.3) is 5.91 Å². The molecule has 0 spiro atoms. The summed E-state index contributed by atoms with van der Waals surface area (Å²) in [6.07, 6.45) is 1.77. The summed E-state index contributed by atoms with van der Waals surface area (Å²) in [7, 11) is 1.63. The summed E-state index contributed by atoms with van der Waals surface area (Å²) in [6.45, 7) is 8.90. The van der Waals surface area contributed by atoms with Crippen LogP contribution in [0.4, 0.5) is 5.69 Å². The molecule has 0 radical (unpaired) electrons. The van der Waals surface area contributed by atoms with Gasteiger partial charge in [0.1, 0.15) is 5.75 Å². The molecule has 0 saturated heterocycles. The molecule has 0 bridgehead atoms. The average Bonchev–Trinajstić information content (AvgIpc) is 3.22. The van der Waals surface area contributed by atoms with E-state index in [1.54, 1.807) is 13.3 Å². The molecule has 1 aliphatic rings. The highest BCUT2D eigenvalue weighted by Crippen LogP contribution is 2.33. The van der Waals surface area contributed by atoms with Gasteiger partial charge >= 0.3 is 0 Å². The molecule has 4 rings (SSSR count). The Balaban J connectivity index is 1.70. The number of methoxy groups -OCH3 is 1. The van der Waals surface area contributed by atoms with Gasteiger partial charge in [-0.25, -0.2) is 4.68 Å². The highest BCUT2D eigenvalue weighted by Gasteiger charge is 2.18. The van der Waals surface area contributed by atoms with Crippen LogP contribution < -0.4 is 24.3 Å². The summed E-state index contributed by atoms with van der Waals surface area (Å²) in [6, 6.07) is 11.5. The van der Waals surface area contributed by atoms with Gasteiger partial charge in [-0.15, -0.1) is 11.3 Å². The molecule has 0 unspecified atom stereocenters. The normalized spacial score (nSPS) is 13.8. The average molecular weight is 495 g/mol. The molecule has 1 amide bonds. The van der Waals surface area contributed by atoms with E-state index in [9.17, 15) is 4.79 Å². The number of amides is 1. The van der Waals surface area contributed by atoms with E-state index >= 15 is 0 Å². The number of hydrogen-bond acceptors (Lipinski definition) is 7. The Morgan fingerprint density at radius 3 is 2.74 bits per heavy atom. The number of rotatable bonds is 8. The van der Waals surface area contributed by atoms with Crippen LogP contribution in [-0.4, -0.2) is 43.2 Å². The first kappa shape index (κ1) is 24.5. The van der Waals surface area contributed by atoms with Gasteiger partial charge in [0.2, 0.25) is 4.80 Å². The Morgan fingerprint density at radius 2 is 2.00 bits per heavy atom. The lowest BCUT2D eigenvalue weighted by Crippen LogP contribution is -2.25. The highest BCUT2D eigenvalue weighted by atomic mass is 32.1. The molecule has 184 valence electrons. The first-order valence-electron chi connectivity index (χ1n) is 11.5. The number of thiazole rings is 1. The zero-order valence-electron chi connectivity index (χ0n) is 20.6. The van der Waals surface area contributed by atoms with Gasteiger partial charge in [-0.2, -0.15) is 5.10 Å². The molecule has 0 saturated carbocycles. The van der Waals surface area contributed by atoms with Crippen molar-refractivity contribution in [3.8, 4) is 28.5 Å². The minimum absolute atomic E-state index is 0.0251. The maximum absolute atomic E-state index is 11.8. The number of benzene rings is 2. The largest absolute Gasteiger partial charge is 0.493 e. The van der Waals surface area contributed by atoms with E-state index < -0.39 is 0 Å². The third kappa shape index (κ3) is 5.92. The number of anilines is 1. The van der Waals surface area contributed by atoms with Gasteiger partial charge in [0.05, 0.1) is 31.3 Å². The SMILES string of the molecule is COc1cc(C=Nn2c(-c3ccc4c(c3)NC(=O)CO4)csc2=NC(C)C)ccc1OCC(C)C. The maximum atomic E-state index is 11.8. The fourth-order valence-corrected chi connectivity index (χ4v) is 4.40. The second-order valence-corrected chi connectivity index (χ2v) is 9.68. The monoisotopic (exact) mass is 494 g/mol. The van der Waals surface area contributed by atoms with Gasteiger partial charge in [-0.3, -0.25) is 9.79 Å². The minimum atomic E-state index is -0.170. The second kappa shape index (κ2) is 10.8. The molecule has 0 fully saturated rings. The van der Waals surface area contributed by atoms with Crippen LogP contribution in [0.3, 0.4) is 0 Å². The maximum Gasteiger partial charge on any atom is 0.262 e. The summed E-state index contributed by atoms with van der Waals surface area (Å²) < 4.78 is 18.7. The number of nitrogens with zero attached hydrogens (tertiary/aromatic N) is 3. The van der Waals surface area contributed by atoms with Gasteiger partial charge in [-0.1, -0.05) is 13.8 Å². The van der Waals surface area contributed by atoms with Crippen LogP contribution in [0.1, 0.15) is 33.3 Å². The van der Waals surface area contributed by atoms with Crippen LogP contribution >= 0.6 is 11.3 Å². The van der Waals surface area contributed by atoms with E-state index in [0.717, 1.165) is 21.6 Å². The number of hydrogen-bond donors (Lipinski definition) is 1. The van der Waals surface area contributed by atoms with Gasteiger partial charge in [-0.05, 0) is 61.7 Å². The Morgan fingerprint density at radius 1 is 1.17 bits per heavy atom. The van der Waals surface area contributed by atoms with Crippen molar-refractivity contribution in [3.05, 3.63) is 52.1 Å². The molecule has 8 nitrogen and oxygen atoms in total. The third-order valence-corrected chi connectivity index (χ3v) is 5.87. The molecule has 0 atom stereocenters. The molecule has 1 N–H and O–H groups in total. The predicted molar refractivity (Wildman–Crippen MR) is 139 cm³/mol. The molecular formula is C26H30N4O4S. The molecule has 2 aromatic carbocycles. The lowest BCUT2D eigenvalue weighted by atomic mass is 10.1. The minimum Gasteiger partial charge on any atom is -0.493 e. The Kier molecular flexibility index (Phi) is 7.55. The molecule has 1 aromatic heterocycles. The van der Waals surface area contributed by atoms with E-state index in [2.05, 4.69) is 19.2 Å². The van der Waals surface area contributed by atoms with E-state index in [4.69, 9.17) is 24.3 Å². The van der Waals surface area contributed by atoms with Crippen molar-refractivity contribution < 1.29 is 19.0 Å². The number of nitrogens with one attached hydrogen (secondary N) is 1. The number of carbonyl (C=O) groups is 1. The molecular weight excluding hydrogens is 464 g/mol. The first-order valence-corrected chi connectivity index (χ1v) is 12.4. The van der Waals surface area contributed by atoms with Crippen LogP contribution in [0, 0.1) is 5.92 Å². The smallest absolute Gasteiger partial charge is 0.262 e. The Bertz CT molecular complexity index is 1310. The number of carbonyl (C=O) groups excluding carboxylic acids is 1. The van der Waals surface area contributed by atoms with Gasteiger partial charge in [0.15, 0.2) is 18.1 Å². The first-order chi connectivity index (χ1) is 16.8. The molecule has 9 heteroatoms. The Hall–Kier alpha value is -3.59. The molecule has 1 aliphatic heterocycles. The van der Waals surface area contributed by atoms with Crippen LogP contribution in [0.25, 0.3) is 11.3 Å². The number of ether oxygens (including phenoxy) is 3. The van der Waals surface area contributed by atoms with Crippen molar-refractivity contribution in [1.82, 2.24) is 4.68 Å². The van der Waals surface area contributed by atoms with Crippen LogP contribution in [0.2, 0.25) is 0 Å². The van der Waals surface area contributed by atoms with Crippen molar-refractivity contribution in [2.75, 3.05) is 25.6 Å². The summed E-state index contributed by atoms with van der Waals surface area (Å²) >= 11 is 1.51. The van der Waals surface area contributed by atoms with Crippen molar-refractivity contribution in [3.63, 3.8) is 0 Å². The number of aromatic nitrogens is 1. The van der Waals surface area contributed by atoms with Crippen LogP contribution in [-0.2, 0) is 4.79 Å². The predicted octanol–water partition coefficient (Wildman–Crippen LogP) is 4.78. The van der Waals surface area contributed by atoms with Crippen molar-refractivity contribution >= 4 is 29.1 Å². The van der Waals surface area contributed by atoms with Gasteiger partial charge in [0, 0.05) is 17.0 Å². The zero-order chi connectivity index (χ0) is 24.9. The van der Waals surface area contributed by atoms with Crippen molar-refractivity contribution in [2.45, 2.75) is 33.7 Å². The lowest BCUT2D eigenvalue weighted by Gasteiger charge is -2.18. The summed E-state index contributed by atoms with van der Waals surface area (Å²) in [5.74, 6) is 2.26. The fourth-order valence-electron chi connectivity index (χ4n) is 3.43. The lowest BCUT2D eigenvalue weighted by molar-refractivity contribution is -0.118. The van der Waals surface area contributed by atoms with Gasteiger partial charge < -0.3 is 19.5 Å². The van der Waals surface area contributed by atoms with Crippen LogP contribution in [0.15, 0.2) is 51.9 Å². The fraction of sp³-hybridized carbons (Fsp3) is 0.346. The second-order valence-electron chi connectivity index (χ2n) is 8.85. The molecule has 0 aliphatic carbocycles. The van der Waals surface area contributed by atoms with Crippen molar-refractivity contribution in [1.29, 1.82) is 0 Å². The topological polar surface area (TPSA) is 86.4 Å². The zero-order valence-corrected chi connectivity index (χ0v) is 21.4. The summed E-state index contributed by atoms with van der Waals surface area (Å²) in [5.41, 5.74) is 3.26. The van der Waals surface area contributed by atoms with Crippen molar-refractivity contribution in [2.24, 2.45) is 16.0 Å². The standard InChI is InChI=1S/C26H30N4O4S/c1-16(2)13-33-23-8-6-18(10-24(23)32-5)12-27-30-21(15-35-26(30)28-17(3)4)19-7-9-22-20(11-19)29-25(31)14-34-22/h6-12,15-17H,13-14H2,1-5H3,(H,29,31). The van der Waals surface area contributed by atoms with E-state index in [1.165, 1.54) is 11.3 Å². The summed E-state index contributed by atoms with van der Waals surface area (Å²) in [5, 5.41) is 9.64. The highest BCUT2D eigenvalue weighted by molar-refractivity contribution is 7.07. The van der Waals surface area contributed by atoms with E-state index in [0.29, 0.717) is 35.5 Å². The molecule has 3 aromatic rings. The third-order valence-electron chi connectivity index (χ3n) is 5.04. The Labute approximate surface area is 208 Å².